The third-order valence-electron chi connectivity index (χ3n) is 2.33. The fourth-order valence-corrected chi connectivity index (χ4v) is 1.44. The number of likely N-dealkylation sites (N-methyl/N-ethyl adjacent to an activating group) is 1. The molecule has 0 spiro atoms. The minimum atomic E-state index is -0.370. The molecule has 0 aliphatic rings. The summed E-state index contributed by atoms with van der Waals surface area (Å²) in [4.78, 5) is 13.3. The number of hydrogen-bond acceptors (Lipinski definition) is 3. The van der Waals surface area contributed by atoms with Crippen molar-refractivity contribution >= 4 is 5.91 Å². The van der Waals surface area contributed by atoms with Crippen LogP contribution in [0.15, 0.2) is 24.3 Å². The molecule has 0 unspecified atom stereocenters. The highest BCUT2D eigenvalue weighted by atomic mass is 16.1. The number of benzene rings is 1. The Morgan fingerprint density at radius 3 is 2.69 bits per heavy atom. The number of rotatable bonds is 6. The average molecular weight is 221 g/mol. The highest BCUT2D eigenvalue weighted by molar-refractivity contribution is 5.94. The van der Waals surface area contributed by atoms with Crippen LogP contribution in [0.25, 0.3) is 0 Å². The first-order valence-electron chi connectivity index (χ1n) is 5.34. The average Bonchev–Trinajstić information content (AvgIpc) is 2.24. The number of hydrogen-bond donors (Lipinski definition) is 2. The van der Waals surface area contributed by atoms with Crippen LogP contribution in [0.3, 0.4) is 0 Å². The van der Waals surface area contributed by atoms with Crippen molar-refractivity contribution in [3.05, 3.63) is 35.4 Å². The van der Waals surface area contributed by atoms with E-state index in [1.54, 1.807) is 6.07 Å². The normalized spacial score (nSPS) is 10.7. The van der Waals surface area contributed by atoms with Crippen molar-refractivity contribution in [1.82, 2.24) is 10.2 Å². The zero-order valence-electron chi connectivity index (χ0n) is 9.86. The van der Waals surface area contributed by atoms with Gasteiger partial charge in [0, 0.05) is 25.2 Å². The van der Waals surface area contributed by atoms with Gasteiger partial charge in [0.15, 0.2) is 0 Å². The van der Waals surface area contributed by atoms with Gasteiger partial charge in [-0.3, -0.25) is 4.79 Å². The predicted molar refractivity (Wildman–Crippen MR) is 65.2 cm³/mol. The fraction of sp³-hybridized carbons (Fsp3) is 0.417. The molecule has 4 heteroatoms. The van der Waals surface area contributed by atoms with Gasteiger partial charge in [-0.2, -0.15) is 0 Å². The van der Waals surface area contributed by atoms with Crippen molar-refractivity contribution in [2.45, 2.75) is 6.54 Å². The second-order valence-electron chi connectivity index (χ2n) is 4.00. The number of nitrogens with two attached hydrogens (primary N) is 1. The molecule has 0 saturated carbocycles. The molecule has 4 nitrogen and oxygen atoms in total. The minimum absolute atomic E-state index is 0.370. The first kappa shape index (κ1) is 12.7. The van der Waals surface area contributed by atoms with Gasteiger partial charge in [0.1, 0.15) is 0 Å². The van der Waals surface area contributed by atoms with E-state index in [9.17, 15) is 4.79 Å². The van der Waals surface area contributed by atoms with E-state index < -0.39 is 0 Å². The van der Waals surface area contributed by atoms with E-state index in [2.05, 4.69) is 10.2 Å². The molecule has 16 heavy (non-hydrogen) atoms. The molecule has 0 aliphatic carbocycles. The van der Waals surface area contributed by atoms with E-state index in [1.807, 2.05) is 32.3 Å². The van der Waals surface area contributed by atoms with Gasteiger partial charge in [0.25, 0.3) is 0 Å². The van der Waals surface area contributed by atoms with Gasteiger partial charge in [-0.25, -0.2) is 0 Å². The molecule has 0 atom stereocenters. The van der Waals surface area contributed by atoms with Gasteiger partial charge < -0.3 is 16.0 Å². The lowest BCUT2D eigenvalue weighted by atomic mass is 10.1. The van der Waals surface area contributed by atoms with Crippen molar-refractivity contribution < 1.29 is 4.79 Å². The Balaban J connectivity index is 2.50. The molecule has 0 radical (unpaired) electrons. The van der Waals surface area contributed by atoms with Crippen LogP contribution in [0.4, 0.5) is 0 Å². The number of primary amides is 1. The van der Waals surface area contributed by atoms with Crippen LogP contribution in [0, 0.1) is 0 Å². The maximum absolute atomic E-state index is 11.1. The van der Waals surface area contributed by atoms with Crippen molar-refractivity contribution in [3.8, 4) is 0 Å². The Labute approximate surface area is 96.4 Å². The first-order valence-corrected chi connectivity index (χ1v) is 5.34. The molecule has 1 amide bonds. The second kappa shape index (κ2) is 6.25. The number of carbonyl (C=O) groups excluding carboxylic acids is 1. The molecule has 88 valence electrons. The first-order chi connectivity index (χ1) is 7.61. The summed E-state index contributed by atoms with van der Waals surface area (Å²) >= 11 is 0. The van der Waals surface area contributed by atoms with E-state index in [-0.39, 0.29) is 5.91 Å². The lowest BCUT2D eigenvalue weighted by Gasteiger charge is -2.11. The summed E-state index contributed by atoms with van der Waals surface area (Å²) in [6, 6.07) is 7.41. The smallest absolute Gasteiger partial charge is 0.249 e. The Kier molecular flexibility index (Phi) is 4.95. The highest BCUT2D eigenvalue weighted by Gasteiger charge is 2.05. The van der Waals surface area contributed by atoms with E-state index in [1.165, 1.54) is 0 Å². The van der Waals surface area contributed by atoms with Gasteiger partial charge in [-0.15, -0.1) is 0 Å². The molecule has 3 N–H and O–H groups in total. The monoisotopic (exact) mass is 221 g/mol. The van der Waals surface area contributed by atoms with E-state index >= 15 is 0 Å². The summed E-state index contributed by atoms with van der Waals surface area (Å²) in [7, 11) is 4.05. The third kappa shape index (κ3) is 4.00. The topological polar surface area (TPSA) is 58.4 Å². The summed E-state index contributed by atoms with van der Waals surface area (Å²) in [5.41, 5.74) is 6.84. The number of nitrogens with zero attached hydrogens (tertiary/aromatic N) is 1. The van der Waals surface area contributed by atoms with Crippen molar-refractivity contribution in [2.75, 3.05) is 27.2 Å². The Hall–Kier alpha value is -1.39. The van der Waals surface area contributed by atoms with Crippen LogP contribution in [0.5, 0.6) is 0 Å². The van der Waals surface area contributed by atoms with Gasteiger partial charge in [-0.05, 0) is 25.7 Å². The van der Waals surface area contributed by atoms with Crippen LogP contribution in [-0.4, -0.2) is 38.0 Å². The number of nitrogens with one attached hydrogen (secondary N) is 1. The van der Waals surface area contributed by atoms with Gasteiger partial charge >= 0.3 is 0 Å². The largest absolute Gasteiger partial charge is 0.366 e. The Morgan fingerprint density at radius 2 is 2.06 bits per heavy atom. The summed E-state index contributed by atoms with van der Waals surface area (Å²) < 4.78 is 0. The fourth-order valence-electron chi connectivity index (χ4n) is 1.44. The zero-order valence-corrected chi connectivity index (χ0v) is 9.86. The van der Waals surface area contributed by atoms with Crippen LogP contribution in [0.1, 0.15) is 15.9 Å². The maximum atomic E-state index is 11.1. The van der Waals surface area contributed by atoms with Crippen LogP contribution in [-0.2, 0) is 6.54 Å². The molecule has 1 rings (SSSR count). The summed E-state index contributed by atoms with van der Waals surface area (Å²) in [6.45, 7) is 2.53. The number of carbonyl (C=O) groups is 1. The van der Waals surface area contributed by atoms with Crippen LogP contribution < -0.4 is 11.1 Å². The van der Waals surface area contributed by atoms with Crippen LogP contribution in [0.2, 0.25) is 0 Å². The molecule has 0 heterocycles. The minimum Gasteiger partial charge on any atom is -0.366 e. The molecular formula is C12H19N3O. The van der Waals surface area contributed by atoms with Crippen molar-refractivity contribution in [1.29, 1.82) is 0 Å². The summed E-state index contributed by atoms with van der Waals surface area (Å²) in [6.07, 6.45) is 0. The molecule has 0 aromatic heterocycles. The lowest BCUT2D eigenvalue weighted by molar-refractivity contribution is 0.0999. The summed E-state index contributed by atoms with van der Waals surface area (Å²) in [5.74, 6) is -0.370. The third-order valence-corrected chi connectivity index (χ3v) is 2.33. The molecule has 0 fully saturated rings. The predicted octanol–water partition coefficient (Wildman–Crippen LogP) is 0.437. The second-order valence-corrected chi connectivity index (χ2v) is 4.00. The molecule has 0 bridgehead atoms. The molecule has 1 aromatic rings. The zero-order chi connectivity index (χ0) is 12.0. The van der Waals surface area contributed by atoms with Gasteiger partial charge in [0.05, 0.1) is 0 Å². The standard InChI is InChI=1S/C12H19N3O/c1-15(2)8-7-14-9-10-5-3-4-6-11(10)12(13)16/h3-6,14H,7-9H2,1-2H3,(H2,13,16). The highest BCUT2D eigenvalue weighted by Crippen LogP contribution is 2.07. The molecule has 1 aromatic carbocycles. The van der Waals surface area contributed by atoms with Gasteiger partial charge in [0.2, 0.25) is 5.91 Å². The molecule has 0 aliphatic heterocycles. The van der Waals surface area contributed by atoms with E-state index in [0.29, 0.717) is 12.1 Å². The van der Waals surface area contributed by atoms with Gasteiger partial charge in [-0.1, -0.05) is 18.2 Å². The van der Waals surface area contributed by atoms with E-state index in [4.69, 9.17) is 5.73 Å². The summed E-state index contributed by atoms with van der Waals surface area (Å²) in [5, 5.41) is 3.28. The maximum Gasteiger partial charge on any atom is 0.249 e. The number of amides is 1. The Morgan fingerprint density at radius 1 is 1.38 bits per heavy atom. The van der Waals surface area contributed by atoms with Crippen molar-refractivity contribution in [3.63, 3.8) is 0 Å². The lowest BCUT2D eigenvalue weighted by Crippen LogP contribution is -2.27. The van der Waals surface area contributed by atoms with Crippen LogP contribution >= 0.6 is 0 Å². The van der Waals surface area contributed by atoms with Crippen molar-refractivity contribution in [2.24, 2.45) is 5.73 Å². The quantitative estimate of drug-likeness (QED) is 0.685. The van der Waals surface area contributed by atoms with E-state index in [0.717, 1.165) is 18.7 Å². The Bertz CT molecular complexity index is 350. The molecular weight excluding hydrogens is 202 g/mol. The SMILES string of the molecule is CN(C)CCNCc1ccccc1C(N)=O. The molecule has 0 saturated heterocycles.